The predicted molar refractivity (Wildman–Crippen MR) is 174 cm³/mol. The number of nitrogens with zero attached hydrogens (tertiary/aromatic N) is 5. The summed E-state index contributed by atoms with van der Waals surface area (Å²) >= 11 is 0. The first-order chi connectivity index (χ1) is 20.7. The molecule has 216 valence electrons. The van der Waals surface area contributed by atoms with Gasteiger partial charge in [-0.2, -0.15) is 0 Å². The molecular weight excluding hydrogens is 518 g/mol. The molecule has 0 atom stereocenters. The largest absolute Gasteiger partial charge is 0.383 e. The molecule has 1 aliphatic rings. The normalized spacial score (nSPS) is 14.0. The van der Waals surface area contributed by atoms with Gasteiger partial charge >= 0.3 is 0 Å². The molecule has 2 aromatic carbocycles. The number of benzene rings is 2. The molecule has 0 unspecified atom stereocenters. The highest BCUT2D eigenvalue weighted by molar-refractivity contribution is 5.84. The van der Waals surface area contributed by atoms with Gasteiger partial charge in [0.25, 0.3) is 0 Å². The highest BCUT2D eigenvalue weighted by Gasteiger charge is 2.20. The number of pyridine rings is 2. The predicted octanol–water partition coefficient (Wildman–Crippen LogP) is 6.89. The molecule has 7 nitrogen and oxygen atoms in total. The van der Waals surface area contributed by atoms with E-state index in [0.29, 0.717) is 11.9 Å². The van der Waals surface area contributed by atoms with Crippen molar-refractivity contribution in [1.29, 1.82) is 0 Å². The monoisotopic (exact) mass is 559 g/mol. The number of likely N-dealkylation sites (tertiary alicyclic amines) is 1. The first-order valence-corrected chi connectivity index (χ1v) is 15.0. The SMILES string of the molecule is C=CCCNC1CCN(Cc2ccc(-n3c(-c4cccnc4N)nc4ccc(-c5ccccc5)nc43)cc2)CC1.CC. The molecule has 6 rings (SSSR count). The number of piperidine rings is 1. The summed E-state index contributed by atoms with van der Waals surface area (Å²) < 4.78 is 2.10. The Labute approximate surface area is 249 Å². The quantitative estimate of drug-likeness (QED) is 0.151. The third-order valence-corrected chi connectivity index (χ3v) is 7.62. The van der Waals surface area contributed by atoms with Crippen molar-refractivity contribution in [3.8, 4) is 28.3 Å². The molecule has 3 aromatic heterocycles. The van der Waals surface area contributed by atoms with Gasteiger partial charge in [-0.25, -0.2) is 15.0 Å². The van der Waals surface area contributed by atoms with Gasteiger partial charge in [0.15, 0.2) is 11.5 Å². The van der Waals surface area contributed by atoms with Crippen molar-refractivity contribution < 1.29 is 0 Å². The maximum absolute atomic E-state index is 6.32. The molecule has 5 aromatic rings. The summed E-state index contributed by atoms with van der Waals surface area (Å²) in [5.41, 5.74) is 13.0. The van der Waals surface area contributed by atoms with Crippen LogP contribution in [0.3, 0.4) is 0 Å². The number of nitrogen functional groups attached to an aromatic ring is 1. The number of anilines is 1. The number of imidazole rings is 1. The topological polar surface area (TPSA) is 84.9 Å². The number of nitrogens with two attached hydrogens (primary N) is 1. The fraction of sp³-hybridized carbons (Fsp3) is 0.286. The van der Waals surface area contributed by atoms with Gasteiger partial charge in [-0.3, -0.25) is 9.47 Å². The summed E-state index contributed by atoms with van der Waals surface area (Å²) in [5.74, 6) is 1.18. The number of hydrogen-bond donors (Lipinski definition) is 2. The molecule has 1 aliphatic heterocycles. The molecule has 0 amide bonds. The Kier molecular flexibility index (Phi) is 9.74. The van der Waals surface area contributed by atoms with Crippen LogP contribution in [0.4, 0.5) is 5.82 Å². The standard InChI is InChI=1S/C33H35N7.C2H6/c1-2-3-19-35-26-17-21-39(22-18-26)23-24-11-13-27(14-12-24)40-32(28-10-7-20-36-31(28)34)38-30-16-15-29(37-33(30)40)25-8-5-4-6-9-25;1-2/h2,4-16,20,26,35H,1,3,17-19,21-23H2,(H2,34,36);1-2H3. The zero-order chi connectivity index (χ0) is 29.3. The molecule has 1 fully saturated rings. The van der Waals surface area contributed by atoms with E-state index in [1.54, 1.807) is 6.20 Å². The van der Waals surface area contributed by atoms with Crippen LogP contribution < -0.4 is 11.1 Å². The maximum atomic E-state index is 6.32. The molecule has 42 heavy (non-hydrogen) atoms. The average molecular weight is 560 g/mol. The summed E-state index contributed by atoms with van der Waals surface area (Å²) in [6, 6.07) is 27.5. The lowest BCUT2D eigenvalue weighted by Crippen LogP contribution is -2.42. The van der Waals surface area contributed by atoms with Gasteiger partial charge in [0.1, 0.15) is 11.3 Å². The van der Waals surface area contributed by atoms with Crippen LogP contribution in [0, 0.1) is 0 Å². The molecule has 1 saturated heterocycles. The Hall–Kier alpha value is -4.33. The second-order valence-corrected chi connectivity index (χ2v) is 10.4. The van der Waals surface area contributed by atoms with Crippen LogP contribution in [0.5, 0.6) is 0 Å². The van der Waals surface area contributed by atoms with Crippen molar-refractivity contribution >= 4 is 17.0 Å². The third-order valence-electron chi connectivity index (χ3n) is 7.62. The van der Waals surface area contributed by atoms with Gasteiger partial charge in [0, 0.05) is 30.0 Å². The fourth-order valence-electron chi connectivity index (χ4n) is 5.45. The molecule has 0 aliphatic carbocycles. The molecule has 0 saturated carbocycles. The number of hydrogen-bond acceptors (Lipinski definition) is 6. The van der Waals surface area contributed by atoms with Gasteiger partial charge in [-0.05, 0) is 80.9 Å². The molecular formula is C35H41N7. The first-order valence-electron chi connectivity index (χ1n) is 15.0. The van der Waals surface area contributed by atoms with E-state index in [4.69, 9.17) is 15.7 Å². The maximum Gasteiger partial charge on any atom is 0.165 e. The van der Waals surface area contributed by atoms with Crippen molar-refractivity contribution in [2.24, 2.45) is 0 Å². The summed E-state index contributed by atoms with van der Waals surface area (Å²) in [4.78, 5) is 16.9. The summed E-state index contributed by atoms with van der Waals surface area (Å²) in [5, 5.41) is 3.66. The summed E-state index contributed by atoms with van der Waals surface area (Å²) in [6.07, 6.45) is 7.07. The third kappa shape index (κ3) is 6.59. The van der Waals surface area contributed by atoms with E-state index in [0.717, 1.165) is 72.1 Å². The van der Waals surface area contributed by atoms with Crippen LogP contribution >= 0.6 is 0 Å². The Morgan fingerprint density at radius 2 is 1.69 bits per heavy atom. The molecule has 3 N–H and O–H groups in total. The van der Waals surface area contributed by atoms with Gasteiger partial charge < -0.3 is 11.1 Å². The van der Waals surface area contributed by atoms with Crippen molar-refractivity contribution in [2.75, 3.05) is 25.4 Å². The summed E-state index contributed by atoms with van der Waals surface area (Å²) in [7, 11) is 0. The zero-order valence-electron chi connectivity index (χ0n) is 24.7. The van der Waals surface area contributed by atoms with Crippen molar-refractivity contribution in [2.45, 2.75) is 45.7 Å². The molecule has 7 heteroatoms. The van der Waals surface area contributed by atoms with Gasteiger partial charge in [-0.15, -0.1) is 6.58 Å². The van der Waals surface area contributed by atoms with E-state index in [1.807, 2.05) is 62.4 Å². The highest BCUT2D eigenvalue weighted by Crippen LogP contribution is 2.32. The second-order valence-electron chi connectivity index (χ2n) is 10.4. The van der Waals surface area contributed by atoms with Crippen LogP contribution in [0.25, 0.3) is 39.5 Å². The molecule has 0 radical (unpaired) electrons. The van der Waals surface area contributed by atoms with E-state index < -0.39 is 0 Å². The number of fused-ring (bicyclic) bond motifs is 1. The Bertz CT molecular complexity index is 1580. The minimum Gasteiger partial charge on any atom is -0.383 e. The van der Waals surface area contributed by atoms with Gasteiger partial charge in [0.2, 0.25) is 0 Å². The van der Waals surface area contributed by atoms with Crippen LogP contribution in [0.1, 0.15) is 38.7 Å². The van der Waals surface area contributed by atoms with Crippen LogP contribution in [-0.4, -0.2) is 50.1 Å². The first kappa shape index (κ1) is 29.2. The van der Waals surface area contributed by atoms with Gasteiger partial charge in [0.05, 0.1) is 11.3 Å². The summed E-state index contributed by atoms with van der Waals surface area (Å²) in [6.45, 7) is 12.0. The number of nitrogens with one attached hydrogen (secondary N) is 1. The number of aromatic nitrogens is 4. The van der Waals surface area contributed by atoms with Crippen molar-refractivity contribution in [3.05, 3.63) is 103 Å². The van der Waals surface area contributed by atoms with E-state index in [9.17, 15) is 0 Å². The lowest BCUT2D eigenvalue weighted by atomic mass is 10.0. The molecule has 0 bridgehead atoms. The molecule has 0 spiro atoms. The van der Waals surface area contributed by atoms with Crippen LogP contribution in [0.15, 0.2) is 97.7 Å². The minimum absolute atomic E-state index is 0.446. The van der Waals surface area contributed by atoms with Crippen molar-refractivity contribution in [1.82, 2.24) is 29.7 Å². The van der Waals surface area contributed by atoms with Crippen LogP contribution in [-0.2, 0) is 6.54 Å². The second kappa shape index (κ2) is 14.0. The zero-order valence-corrected chi connectivity index (χ0v) is 24.7. The van der Waals surface area contributed by atoms with Gasteiger partial charge in [-0.1, -0.05) is 62.4 Å². The van der Waals surface area contributed by atoms with E-state index in [-0.39, 0.29) is 0 Å². The van der Waals surface area contributed by atoms with Crippen molar-refractivity contribution in [3.63, 3.8) is 0 Å². The Morgan fingerprint density at radius 1 is 0.929 bits per heavy atom. The Morgan fingerprint density at radius 3 is 2.40 bits per heavy atom. The highest BCUT2D eigenvalue weighted by atomic mass is 15.1. The molecule has 4 heterocycles. The van der Waals surface area contributed by atoms with E-state index >= 15 is 0 Å². The minimum atomic E-state index is 0.446. The average Bonchev–Trinajstić information content (AvgIpc) is 3.42. The lowest BCUT2D eigenvalue weighted by molar-refractivity contribution is 0.191. The number of rotatable bonds is 9. The van der Waals surface area contributed by atoms with E-state index in [2.05, 4.69) is 62.7 Å². The fourth-order valence-corrected chi connectivity index (χ4v) is 5.45. The lowest BCUT2D eigenvalue weighted by Gasteiger charge is -2.32. The smallest absolute Gasteiger partial charge is 0.165 e. The Balaban J connectivity index is 0.00000173. The van der Waals surface area contributed by atoms with E-state index in [1.165, 1.54) is 18.4 Å². The van der Waals surface area contributed by atoms with Crippen LogP contribution in [0.2, 0.25) is 0 Å².